The summed E-state index contributed by atoms with van der Waals surface area (Å²) in [5, 5.41) is 19.9. The SMILES string of the molecule is CC(C)(C)c1ccc2cc(C#N)c(C#N)c(-c3cc(C(F)(F)F)cc(C(F)(F)F)c3)c2c1. The lowest BCUT2D eigenvalue weighted by atomic mass is 9.83. The Labute approximate surface area is 180 Å². The van der Waals surface area contributed by atoms with Gasteiger partial charge in [-0.1, -0.05) is 32.9 Å². The molecular weight excluding hydrogens is 430 g/mol. The number of alkyl halides is 6. The molecule has 3 rings (SSSR count). The van der Waals surface area contributed by atoms with E-state index in [1.54, 1.807) is 24.3 Å². The Bertz CT molecular complexity index is 1260. The third kappa shape index (κ3) is 4.27. The van der Waals surface area contributed by atoms with Gasteiger partial charge in [-0.2, -0.15) is 36.9 Å². The number of fused-ring (bicyclic) bond motifs is 1. The maximum absolute atomic E-state index is 13.4. The molecule has 0 aromatic heterocycles. The van der Waals surface area contributed by atoms with Gasteiger partial charge >= 0.3 is 12.4 Å². The van der Waals surface area contributed by atoms with E-state index in [9.17, 15) is 36.9 Å². The molecule has 32 heavy (non-hydrogen) atoms. The molecule has 2 nitrogen and oxygen atoms in total. The largest absolute Gasteiger partial charge is 0.416 e. The quantitative estimate of drug-likeness (QED) is 0.362. The molecule has 0 atom stereocenters. The minimum absolute atomic E-state index is 0.0342. The predicted molar refractivity (Wildman–Crippen MR) is 108 cm³/mol. The lowest BCUT2D eigenvalue weighted by Gasteiger charge is -2.21. The van der Waals surface area contributed by atoms with Crippen molar-refractivity contribution in [3.05, 3.63) is 70.3 Å². The zero-order chi connectivity index (χ0) is 24.1. The summed E-state index contributed by atoms with van der Waals surface area (Å²) in [6, 6.07) is 11.3. The van der Waals surface area contributed by atoms with Crippen LogP contribution in [0.5, 0.6) is 0 Å². The van der Waals surface area contributed by atoms with Crippen molar-refractivity contribution >= 4 is 10.8 Å². The monoisotopic (exact) mass is 446 g/mol. The van der Waals surface area contributed by atoms with Crippen LogP contribution in [-0.2, 0) is 17.8 Å². The van der Waals surface area contributed by atoms with Gasteiger partial charge in [0.1, 0.15) is 12.1 Å². The van der Waals surface area contributed by atoms with Crippen molar-refractivity contribution < 1.29 is 26.3 Å². The van der Waals surface area contributed by atoms with Crippen molar-refractivity contribution in [1.82, 2.24) is 0 Å². The first-order chi connectivity index (χ1) is 14.7. The first-order valence-electron chi connectivity index (χ1n) is 9.38. The van der Waals surface area contributed by atoms with E-state index in [-0.39, 0.29) is 28.2 Å². The summed E-state index contributed by atoms with van der Waals surface area (Å²) in [6.45, 7) is 5.69. The number of benzene rings is 3. The van der Waals surface area contributed by atoms with Gasteiger partial charge in [0.25, 0.3) is 0 Å². The molecule has 0 saturated heterocycles. The van der Waals surface area contributed by atoms with Crippen LogP contribution in [0.4, 0.5) is 26.3 Å². The summed E-state index contributed by atoms with van der Waals surface area (Å²) in [5.41, 5.74) is -3.58. The number of rotatable bonds is 1. The highest BCUT2D eigenvalue weighted by Gasteiger charge is 2.37. The average molecular weight is 446 g/mol. The molecule has 0 unspecified atom stereocenters. The van der Waals surface area contributed by atoms with Crippen molar-refractivity contribution in [2.45, 2.75) is 38.5 Å². The van der Waals surface area contributed by atoms with E-state index in [4.69, 9.17) is 0 Å². The first-order valence-corrected chi connectivity index (χ1v) is 9.38. The molecule has 0 amide bonds. The normalized spacial score (nSPS) is 12.5. The van der Waals surface area contributed by atoms with E-state index in [1.165, 1.54) is 6.07 Å². The number of halogens is 6. The van der Waals surface area contributed by atoms with Crippen LogP contribution in [-0.4, -0.2) is 0 Å². The fraction of sp³-hybridized carbons (Fsp3) is 0.250. The van der Waals surface area contributed by atoms with Gasteiger partial charge in [0.2, 0.25) is 0 Å². The van der Waals surface area contributed by atoms with E-state index in [1.807, 2.05) is 26.8 Å². The molecule has 3 aromatic carbocycles. The highest BCUT2D eigenvalue weighted by Crippen LogP contribution is 2.42. The van der Waals surface area contributed by atoms with Gasteiger partial charge in [0.05, 0.1) is 22.3 Å². The zero-order valence-corrected chi connectivity index (χ0v) is 17.2. The van der Waals surface area contributed by atoms with Crippen molar-refractivity contribution in [2.24, 2.45) is 0 Å². The topological polar surface area (TPSA) is 47.6 Å². The van der Waals surface area contributed by atoms with E-state index in [0.29, 0.717) is 22.9 Å². The van der Waals surface area contributed by atoms with Crippen LogP contribution < -0.4 is 0 Å². The number of nitrogens with zero attached hydrogens (tertiary/aromatic N) is 2. The van der Waals surface area contributed by atoms with Gasteiger partial charge in [0.15, 0.2) is 0 Å². The van der Waals surface area contributed by atoms with Crippen molar-refractivity contribution in [3.8, 4) is 23.3 Å². The molecule has 164 valence electrons. The van der Waals surface area contributed by atoms with Gasteiger partial charge < -0.3 is 0 Å². The molecule has 0 aliphatic rings. The number of nitriles is 2. The maximum Gasteiger partial charge on any atom is 0.416 e. The maximum atomic E-state index is 13.4. The minimum atomic E-state index is -5.04. The summed E-state index contributed by atoms with van der Waals surface area (Å²) < 4.78 is 80.6. The van der Waals surface area contributed by atoms with E-state index >= 15 is 0 Å². The average Bonchev–Trinajstić information content (AvgIpc) is 2.69. The van der Waals surface area contributed by atoms with Crippen molar-refractivity contribution in [2.75, 3.05) is 0 Å². The lowest BCUT2D eigenvalue weighted by molar-refractivity contribution is -0.143. The molecule has 0 fully saturated rings. The third-order valence-electron chi connectivity index (χ3n) is 5.12. The second kappa shape index (κ2) is 7.56. The first kappa shape index (κ1) is 23.1. The molecule has 0 spiro atoms. The second-order valence-corrected chi connectivity index (χ2v) is 8.38. The van der Waals surface area contributed by atoms with E-state index in [0.717, 1.165) is 5.56 Å². The fourth-order valence-electron chi connectivity index (χ4n) is 3.47. The summed E-state index contributed by atoms with van der Waals surface area (Å²) >= 11 is 0. The smallest absolute Gasteiger partial charge is 0.192 e. The Hall–Kier alpha value is -3.52. The summed E-state index contributed by atoms with van der Waals surface area (Å²) in [5.74, 6) is 0. The minimum Gasteiger partial charge on any atom is -0.192 e. The van der Waals surface area contributed by atoms with Crippen LogP contribution in [0.3, 0.4) is 0 Å². The lowest BCUT2D eigenvalue weighted by Crippen LogP contribution is -2.12. The van der Waals surface area contributed by atoms with E-state index in [2.05, 4.69) is 0 Å². The molecule has 0 aliphatic heterocycles. The van der Waals surface area contributed by atoms with Crippen LogP contribution >= 0.6 is 0 Å². The second-order valence-electron chi connectivity index (χ2n) is 8.38. The van der Waals surface area contributed by atoms with Crippen LogP contribution in [0.1, 0.15) is 48.6 Å². The van der Waals surface area contributed by atoms with Crippen molar-refractivity contribution in [1.29, 1.82) is 10.5 Å². The van der Waals surface area contributed by atoms with Crippen LogP contribution in [0.25, 0.3) is 21.9 Å². The Morgan fingerprint density at radius 3 is 1.69 bits per heavy atom. The molecule has 0 aliphatic carbocycles. The molecule has 0 bridgehead atoms. The zero-order valence-electron chi connectivity index (χ0n) is 17.2. The third-order valence-corrected chi connectivity index (χ3v) is 5.12. The highest BCUT2D eigenvalue weighted by atomic mass is 19.4. The van der Waals surface area contributed by atoms with Gasteiger partial charge in [-0.3, -0.25) is 0 Å². The standard InChI is InChI=1S/C24H16F6N2/c1-22(2,3)16-5-4-13-6-15(11-31)20(12-32)21(19(13)10-16)14-7-17(23(25,26)27)9-18(8-14)24(28,29)30/h4-10H,1-3H3. The molecule has 0 radical (unpaired) electrons. The van der Waals surface area contributed by atoms with E-state index < -0.39 is 29.0 Å². The van der Waals surface area contributed by atoms with Crippen LogP contribution in [0, 0.1) is 22.7 Å². The molecule has 0 heterocycles. The van der Waals surface area contributed by atoms with Gasteiger partial charge in [-0.25, -0.2) is 0 Å². The summed E-state index contributed by atoms with van der Waals surface area (Å²) in [6.07, 6.45) is -10.1. The Morgan fingerprint density at radius 1 is 0.688 bits per heavy atom. The Kier molecular flexibility index (Phi) is 5.47. The van der Waals surface area contributed by atoms with Crippen LogP contribution in [0.15, 0.2) is 42.5 Å². The van der Waals surface area contributed by atoms with Gasteiger partial charge in [-0.15, -0.1) is 0 Å². The van der Waals surface area contributed by atoms with Crippen LogP contribution in [0.2, 0.25) is 0 Å². The number of hydrogen-bond acceptors (Lipinski definition) is 2. The fourth-order valence-corrected chi connectivity index (χ4v) is 3.47. The Balaban J connectivity index is 2.54. The van der Waals surface area contributed by atoms with Crippen molar-refractivity contribution in [3.63, 3.8) is 0 Å². The van der Waals surface area contributed by atoms with Gasteiger partial charge in [0, 0.05) is 5.56 Å². The Morgan fingerprint density at radius 2 is 1.25 bits per heavy atom. The molecular formula is C24H16F6N2. The molecule has 0 saturated carbocycles. The highest BCUT2D eigenvalue weighted by molar-refractivity contribution is 6.01. The number of hydrogen-bond donors (Lipinski definition) is 0. The summed E-state index contributed by atoms with van der Waals surface area (Å²) in [7, 11) is 0. The predicted octanol–water partition coefficient (Wildman–Crippen LogP) is 7.59. The van der Waals surface area contributed by atoms with Gasteiger partial charge in [-0.05, 0) is 57.6 Å². The molecule has 3 aromatic rings. The molecule has 8 heteroatoms. The molecule has 0 N–H and O–H groups in total. The summed E-state index contributed by atoms with van der Waals surface area (Å²) in [4.78, 5) is 0.